The number of carbonyl (C=O) groups is 2. The van der Waals surface area contributed by atoms with Crippen LogP contribution in [0.25, 0.3) is 0 Å². The molecule has 1 fully saturated rings. The van der Waals surface area contributed by atoms with Gasteiger partial charge in [-0.15, -0.1) is 0 Å². The van der Waals surface area contributed by atoms with Crippen molar-refractivity contribution < 1.29 is 22.7 Å². The molecule has 0 aromatic heterocycles. The predicted molar refractivity (Wildman–Crippen MR) is 117 cm³/mol. The van der Waals surface area contributed by atoms with Crippen LogP contribution in [0.15, 0.2) is 59.5 Å². The number of nitrogens with zero attached hydrogens (tertiary/aromatic N) is 1. The predicted octanol–water partition coefficient (Wildman–Crippen LogP) is 3.14. The molecule has 1 N–H and O–H groups in total. The molecule has 0 heterocycles. The Morgan fingerprint density at radius 3 is 2.39 bits per heavy atom. The van der Waals surface area contributed by atoms with Gasteiger partial charge in [-0.25, -0.2) is 13.2 Å². The maximum absolute atomic E-state index is 12.6. The molecule has 166 valence electrons. The number of amides is 1. The van der Waals surface area contributed by atoms with Gasteiger partial charge in [0.25, 0.3) is 5.91 Å². The molecule has 1 aliphatic carbocycles. The van der Waals surface area contributed by atoms with Crippen LogP contribution in [0.1, 0.15) is 48.7 Å². The second-order valence-electron chi connectivity index (χ2n) is 8.01. The fourth-order valence-electron chi connectivity index (χ4n) is 3.22. The maximum atomic E-state index is 12.6. The summed E-state index contributed by atoms with van der Waals surface area (Å²) in [5.74, 6) is -0.749. The van der Waals surface area contributed by atoms with Gasteiger partial charge in [0, 0.05) is 13.1 Å². The summed E-state index contributed by atoms with van der Waals surface area (Å²) in [6.07, 6.45) is 2.09. The van der Waals surface area contributed by atoms with Crippen LogP contribution in [0.3, 0.4) is 0 Å². The normalized spacial score (nSPS) is 15.0. The zero-order chi connectivity index (χ0) is 22.6. The molecule has 0 radical (unpaired) electrons. The van der Waals surface area contributed by atoms with E-state index in [0.29, 0.717) is 5.92 Å². The van der Waals surface area contributed by atoms with E-state index in [4.69, 9.17) is 4.74 Å². The summed E-state index contributed by atoms with van der Waals surface area (Å²) in [5, 5.41) is 2.95. The second kappa shape index (κ2) is 9.62. The average Bonchev–Trinajstić information content (AvgIpc) is 3.61. The lowest BCUT2D eigenvalue weighted by Crippen LogP contribution is -2.34. The molecule has 7 nitrogen and oxygen atoms in total. The smallest absolute Gasteiger partial charge is 0.338 e. The van der Waals surface area contributed by atoms with Crippen molar-refractivity contribution in [3.8, 4) is 0 Å². The number of carbonyl (C=O) groups excluding carboxylic acids is 2. The minimum absolute atomic E-state index is 0.000441. The lowest BCUT2D eigenvalue weighted by atomic mass is 10.0. The first-order valence-corrected chi connectivity index (χ1v) is 11.7. The highest BCUT2D eigenvalue weighted by Crippen LogP contribution is 2.40. The molecule has 1 atom stereocenters. The van der Waals surface area contributed by atoms with Gasteiger partial charge in [0.05, 0.1) is 16.5 Å². The number of esters is 1. The Labute approximate surface area is 183 Å². The monoisotopic (exact) mass is 444 g/mol. The van der Waals surface area contributed by atoms with Crippen LogP contribution in [0.2, 0.25) is 0 Å². The van der Waals surface area contributed by atoms with Gasteiger partial charge in [-0.1, -0.05) is 36.4 Å². The average molecular weight is 445 g/mol. The molecule has 1 amide bonds. The molecule has 1 saturated carbocycles. The molecule has 1 aliphatic rings. The largest absolute Gasteiger partial charge is 0.452 e. The Bertz CT molecular complexity index is 1030. The van der Waals surface area contributed by atoms with Crippen LogP contribution in [0.4, 0.5) is 0 Å². The zero-order valence-corrected chi connectivity index (χ0v) is 18.8. The van der Waals surface area contributed by atoms with E-state index in [1.54, 1.807) is 13.8 Å². The van der Waals surface area contributed by atoms with E-state index in [-0.39, 0.29) is 22.5 Å². The van der Waals surface area contributed by atoms with Gasteiger partial charge >= 0.3 is 5.97 Å². The fourth-order valence-corrected chi connectivity index (χ4v) is 4.63. The number of nitrogens with one attached hydrogen (secondary N) is 1. The summed E-state index contributed by atoms with van der Waals surface area (Å²) >= 11 is 0. The summed E-state index contributed by atoms with van der Waals surface area (Å²) in [6, 6.07) is 15.0. The quantitative estimate of drug-likeness (QED) is 0.600. The summed E-state index contributed by atoms with van der Waals surface area (Å²) < 4.78 is 31.7. The van der Waals surface area contributed by atoms with Crippen molar-refractivity contribution in [2.24, 2.45) is 5.92 Å². The molecule has 3 rings (SSSR count). The second-order valence-corrected chi connectivity index (χ2v) is 10.0. The highest BCUT2D eigenvalue weighted by Gasteiger charge is 2.33. The third-order valence-electron chi connectivity index (χ3n) is 5.38. The summed E-state index contributed by atoms with van der Waals surface area (Å²) in [7, 11) is -2.24. The maximum Gasteiger partial charge on any atom is 0.338 e. The molecule has 0 saturated heterocycles. The highest BCUT2D eigenvalue weighted by molar-refractivity contribution is 7.89. The first kappa shape index (κ1) is 23.0. The lowest BCUT2D eigenvalue weighted by Gasteiger charge is -2.21. The van der Waals surface area contributed by atoms with Crippen LogP contribution in [-0.4, -0.2) is 44.3 Å². The van der Waals surface area contributed by atoms with Crippen molar-refractivity contribution in [1.82, 2.24) is 9.62 Å². The zero-order valence-electron chi connectivity index (χ0n) is 17.9. The molecular weight excluding hydrogens is 416 g/mol. The number of hydrogen-bond acceptors (Lipinski definition) is 5. The van der Waals surface area contributed by atoms with Crippen molar-refractivity contribution in [2.45, 2.75) is 43.7 Å². The van der Waals surface area contributed by atoms with E-state index in [1.165, 1.54) is 35.6 Å². The summed E-state index contributed by atoms with van der Waals surface area (Å²) in [4.78, 5) is 24.8. The van der Waals surface area contributed by atoms with E-state index in [0.717, 1.165) is 18.4 Å². The van der Waals surface area contributed by atoms with Crippen LogP contribution in [0.5, 0.6) is 0 Å². The highest BCUT2D eigenvalue weighted by atomic mass is 32.2. The van der Waals surface area contributed by atoms with E-state index in [1.807, 2.05) is 30.3 Å². The molecule has 8 heteroatoms. The minimum atomic E-state index is -3.73. The third kappa shape index (κ3) is 5.71. The van der Waals surface area contributed by atoms with Gasteiger partial charge in [0.2, 0.25) is 10.0 Å². The van der Waals surface area contributed by atoms with Crippen molar-refractivity contribution in [3.05, 3.63) is 65.7 Å². The molecular formula is C23H28N2O5S. The van der Waals surface area contributed by atoms with Gasteiger partial charge in [-0.3, -0.25) is 4.79 Å². The van der Waals surface area contributed by atoms with E-state index in [2.05, 4.69) is 5.32 Å². The van der Waals surface area contributed by atoms with Gasteiger partial charge in [-0.05, 0) is 56.4 Å². The number of hydrogen-bond donors (Lipinski definition) is 1. The Balaban J connectivity index is 1.62. The Kier molecular flexibility index (Phi) is 7.12. The van der Waals surface area contributed by atoms with Gasteiger partial charge < -0.3 is 10.1 Å². The van der Waals surface area contributed by atoms with E-state index < -0.39 is 28.5 Å². The van der Waals surface area contributed by atoms with Crippen molar-refractivity contribution in [2.75, 3.05) is 13.7 Å². The molecule has 0 spiro atoms. The van der Waals surface area contributed by atoms with Crippen LogP contribution >= 0.6 is 0 Å². The van der Waals surface area contributed by atoms with Crippen LogP contribution < -0.4 is 5.32 Å². The van der Waals surface area contributed by atoms with Crippen LogP contribution in [0, 0.1) is 5.92 Å². The number of benzene rings is 2. The van der Waals surface area contributed by atoms with Gasteiger partial charge in [-0.2, -0.15) is 4.31 Å². The number of sulfonamides is 1. The lowest BCUT2D eigenvalue weighted by molar-refractivity contribution is -0.125. The topological polar surface area (TPSA) is 92.8 Å². The molecule has 0 aliphatic heterocycles. The van der Waals surface area contributed by atoms with E-state index >= 15 is 0 Å². The number of ether oxygens (including phenoxy) is 1. The van der Waals surface area contributed by atoms with Gasteiger partial charge in [0.15, 0.2) is 6.61 Å². The summed E-state index contributed by atoms with van der Waals surface area (Å²) in [6.45, 7) is 3.09. The molecule has 2 aromatic rings. The third-order valence-corrected chi connectivity index (χ3v) is 7.41. The van der Waals surface area contributed by atoms with Crippen molar-refractivity contribution in [1.29, 1.82) is 0 Å². The SMILES string of the molecule is CC(C)N(C)S(=O)(=O)c1cccc(C(=O)OCC(=O)NC(c2ccccc2)C2CC2)c1. The van der Waals surface area contributed by atoms with Crippen molar-refractivity contribution in [3.63, 3.8) is 0 Å². The minimum Gasteiger partial charge on any atom is -0.452 e. The fraction of sp³-hybridized carbons (Fsp3) is 0.391. The van der Waals surface area contributed by atoms with Crippen LogP contribution in [-0.2, 0) is 19.6 Å². The first-order chi connectivity index (χ1) is 14.7. The molecule has 0 bridgehead atoms. The Morgan fingerprint density at radius 1 is 1.10 bits per heavy atom. The molecule has 2 aromatic carbocycles. The Hall–Kier alpha value is -2.71. The van der Waals surface area contributed by atoms with Crippen molar-refractivity contribution >= 4 is 21.9 Å². The standard InChI is InChI=1S/C23H28N2O5S/c1-16(2)25(3)31(28,29)20-11-7-10-19(14-20)23(27)30-15-21(26)24-22(18-12-13-18)17-8-5-4-6-9-17/h4-11,14,16,18,22H,12-13,15H2,1-3H3,(H,24,26). The van der Waals surface area contributed by atoms with E-state index in [9.17, 15) is 18.0 Å². The Morgan fingerprint density at radius 2 is 1.77 bits per heavy atom. The summed E-state index contributed by atoms with van der Waals surface area (Å²) in [5.41, 5.74) is 1.10. The molecule has 31 heavy (non-hydrogen) atoms. The molecule has 1 unspecified atom stereocenters. The first-order valence-electron chi connectivity index (χ1n) is 10.3. The number of rotatable bonds is 9. The van der Waals surface area contributed by atoms with Gasteiger partial charge in [0.1, 0.15) is 0 Å².